The van der Waals surface area contributed by atoms with E-state index >= 15 is 0 Å². The van der Waals surface area contributed by atoms with Gasteiger partial charge < -0.3 is 15.4 Å². The highest BCUT2D eigenvalue weighted by atomic mass is 16.3. The van der Waals surface area contributed by atoms with Gasteiger partial charge in [-0.05, 0) is 13.3 Å². The van der Waals surface area contributed by atoms with Gasteiger partial charge in [0, 0.05) is 25.0 Å². The highest BCUT2D eigenvalue weighted by Gasteiger charge is 2.04. The zero-order valence-corrected chi connectivity index (χ0v) is 7.45. The third-order valence-corrected chi connectivity index (χ3v) is 1.65. The first-order valence-corrected chi connectivity index (χ1v) is 4.15. The van der Waals surface area contributed by atoms with Gasteiger partial charge in [-0.1, -0.05) is 0 Å². The van der Waals surface area contributed by atoms with Crippen molar-refractivity contribution in [3.05, 3.63) is 22.7 Å². The van der Waals surface area contributed by atoms with Gasteiger partial charge in [-0.25, -0.2) is 4.98 Å². The molecule has 0 aliphatic rings. The van der Waals surface area contributed by atoms with Crippen LogP contribution < -0.4 is 10.9 Å². The van der Waals surface area contributed by atoms with Crippen molar-refractivity contribution in [1.29, 1.82) is 0 Å². The summed E-state index contributed by atoms with van der Waals surface area (Å²) in [5.41, 5.74) is -0.243. The maximum atomic E-state index is 11.1. The van der Waals surface area contributed by atoms with Crippen molar-refractivity contribution < 1.29 is 5.11 Å². The van der Waals surface area contributed by atoms with Gasteiger partial charge in [0.2, 0.25) is 0 Å². The van der Waals surface area contributed by atoms with Gasteiger partial charge in [-0.3, -0.25) is 4.79 Å². The Balaban J connectivity index is 2.63. The van der Waals surface area contributed by atoms with Crippen LogP contribution in [0.3, 0.4) is 0 Å². The number of aromatic amines is 1. The van der Waals surface area contributed by atoms with Crippen LogP contribution in [0.2, 0.25) is 0 Å². The molecule has 72 valence electrons. The summed E-state index contributed by atoms with van der Waals surface area (Å²) >= 11 is 0. The van der Waals surface area contributed by atoms with Crippen LogP contribution in [-0.4, -0.2) is 27.7 Å². The lowest BCUT2D eigenvalue weighted by Crippen LogP contribution is -2.23. The van der Waals surface area contributed by atoms with Gasteiger partial charge in [0.05, 0.1) is 0 Å². The molecule has 3 N–H and O–H groups in total. The Bertz CT molecular complexity index is 310. The molecule has 1 aromatic heterocycles. The van der Waals surface area contributed by atoms with E-state index in [1.54, 1.807) is 0 Å². The van der Waals surface area contributed by atoms with E-state index in [0.29, 0.717) is 12.2 Å². The second-order valence-electron chi connectivity index (χ2n) is 2.82. The lowest BCUT2D eigenvalue weighted by atomic mass is 10.2. The fourth-order valence-electron chi connectivity index (χ4n) is 0.954. The number of aliphatic hydroxyl groups is 1. The number of hydrogen-bond donors (Lipinski definition) is 3. The molecular weight excluding hydrogens is 170 g/mol. The molecule has 1 aromatic rings. The molecule has 0 fully saturated rings. The molecular formula is C8H13N3O2. The zero-order valence-electron chi connectivity index (χ0n) is 7.45. The molecule has 0 aliphatic heterocycles. The number of hydrogen-bond acceptors (Lipinski definition) is 4. The second kappa shape index (κ2) is 4.61. The van der Waals surface area contributed by atoms with Gasteiger partial charge in [-0.15, -0.1) is 0 Å². The van der Waals surface area contributed by atoms with Crippen LogP contribution in [0, 0.1) is 0 Å². The average molecular weight is 183 g/mol. The second-order valence-corrected chi connectivity index (χ2v) is 2.82. The number of aliphatic hydroxyl groups excluding tert-OH is 1. The maximum absolute atomic E-state index is 11.1. The molecule has 0 amide bonds. The molecule has 0 radical (unpaired) electrons. The largest absolute Gasteiger partial charge is 0.396 e. The van der Waals surface area contributed by atoms with E-state index in [1.807, 2.05) is 6.92 Å². The number of aromatic nitrogens is 2. The SMILES string of the molecule is C[C@@H](CCO)Nc1ncc[nH]c1=O. The van der Waals surface area contributed by atoms with Crippen LogP contribution in [0.25, 0.3) is 0 Å². The lowest BCUT2D eigenvalue weighted by Gasteiger charge is -2.11. The van der Waals surface area contributed by atoms with Crippen molar-refractivity contribution in [3.8, 4) is 0 Å². The predicted octanol–water partition coefficient (Wildman–Crippen LogP) is -0.0473. The minimum Gasteiger partial charge on any atom is -0.396 e. The minimum absolute atomic E-state index is 0.0426. The molecule has 0 aromatic carbocycles. The summed E-state index contributed by atoms with van der Waals surface area (Å²) in [6.45, 7) is 1.98. The summed E-state index contributed by atoms with van der Waals surface area (Å²) in [4.78, 5) is 17.5. The van der Waals surface area contributed by atoms with Crippen LogP contribution in [0.15, 0.2) is 17.2 Å². The van der Waals surface area contributed by atoms with Crippen molar-refractivity contribution in [2.75, 3.05) is 11.9 Å². The summed E-state index contributed by atoms with van der Waals surface area (Å²) < 4.78 is 0. The summed E-state index contributed by atoms with van der Waals surface area (Å²) in [7, 11) is 0. The Morgan fingerprint density at radius 2 is 2.54 bits per heavy atom. The highest BCUT2D eigenvalue weighted by molar-refractivity contribution is 5.31. The summed E-state index contributed by atoms with van der Waals surface area (Å²) in [6.07, 6.45) is 3.58. The van der Waals surface area contributed by atoms with Crippen molar-refractivity contribution in [3.63, 3.8) is 0 Å². The first-order chi connectivity index (χ1) is 6.24. The monoisotopic (exact) mass is 183 g/mol. The van der Waals surface area contributed by atoms with E-state index in [4.69, 9.17) is 5.11 Å². The number of nitrogens with one attached hydrogen (secondary N) is 2. The van der Waals surface area contributed by atoms with Crippen LogP contribution >= 0.6 is 0 Å². The normalized spacial score (nSPS) is 12.5. The van der Waals surface area contributed by atoms with Crippen molar-refractivity contribution >= 4 is 5.82 Å². The van der Waals surface area contributed by atoms with Gasteiger partial charge >= 0.3 is 0 Å². The quantitative estimate of drug-likeness (QED) is 0.611. The van der Waals surface area contributed by atoms with Crippen LogP contribution in [0.1, 0.15) is 13.3 Å². The average Bonchev–Trinajstić information content (AvgIpc) is 2.09. The minimum atomic E-state index is -0.243. The Hall–Kier alpha value is -1.36. The Morgan fingerprint density at radius 3 is 3.15 bits per heavy atom. The Kier molecular flexibility index (Phi) is 3.45. The van der Waals surface area contributed by atoms with Crippen molar-refractivity contribution in [2.24, 2.45) is 0 Å². The molecule has 1 rings (SSSR count). The highest BCUT2D eigenvalue weighted by Crippen LogP contribution is 1.97. The summed E-state index contributed by atoms with van der Waals surface area (Å²) in [5.74, 6) is 0.295. The zero-order chi connectivity index (χ0) is 9.68. The molecule has 5 heteroatoms. The molecule has 0 spiro atoms. The Morgan fingerprint density at radius 1 is 1.77 bits per heavy atom. The molecule has 0 bridgehead atoms. The standard InChI is InChI=1S/C8H13N3O2/c1-6(2-5-12)11-7-8(13)10-4-3-9-7/h3-4,6,12H,2,5H2,1H3,(H,9,11)(H,10,13)/t6-/m0/s1. The van der Waals surface area contributed by atoms with Crippen molar-refractivity contribution in [1.82, 2.24) is 9.97 Å². The maximum Gasteiger partial charge on any atom is 0.290 e. The van der Waals surface area contributed by atoms with E-state index in [-0.39, 0.29) is 18.2 Å². The van der Waals surface area contributed by atoms with E-state index in [1.165, 1.54) is 12.4 Å². The number of anilines is 1. The topological polar surface area (TPSA) is 78.0 Å². The number of H-pyrrole nitrogens is 1. The molecule has 0 saturated carbocycles. The molecule has 0 aliphatic carbocycles. The predicted molar refractivity (Wildman–Crippen MR) is 49.6 cm³/mol. The van der Waals surface area contributed by atoms with Gasteiger partial charge in [0.15, 0.2) is 5.82 Å². The number of rotatable bonds is 4. The molecule has 0 saturated heterocycles. The van der Waals surface area contributed by atoms with Crippen molar-refractivity contribution in [2.45, 2.75) is 19.4 Å². The molecule has 0 unspecified atom stereocenters. The third-order valence-electron chi connectivity index (χ3n) is 1.65. The van der Waals surface area contributed by atoms with Crippen LogP contribution in [0.5, 0.6) is 0 Å². The van der Waals surface area contributed by atoms with Gasteiger partial charge in [0.25, 0.3) is 5.56 Å². The van der Waals surface area contributed by atoms with Crippen LogP contribution in [-0.2, 0) is 0 Å². The number of nitrogens with zero attached hydrogens (tertiary/aromatic N) is 1. The fraction of sp³-hybridized carbons (Fsp3) is 0.500. The Labute approximate surface area is 75.8 Å². The van der Waals surface area contributed by atoms with E-state index in [2.05, 4.69) is 15.3 Å². The molecule has 13 heavy (non-hydrogen) atoms. The summed E-state index contributed by atoms with van der Waals surface area (Å²) in [5, 5.41) is 11.5. The van der Waals surface area contributed by atoms with Crippen LogP contribution in [0.4, 0.5) is 5.82 Å². The van der Waals surface area contributed by atoms with Gasteiger partial charge in [0.1, 0.15) is 0 Å². The lowest BCUT2D eigenvalue weighted by molar-refractivity contribution is 0.282. The first kappa shape index (κ1) is 9.73. The molecule has 1 heterocycles. The van der Waals surface area contributed by atoms with Gasteiger partial charge in [-0.2, -0.15) is 0 Å². The molecule has 5 nitrogen and oxygen atoms in total. The smallest absolute Gasteiger partial charge is 0.290 e. The summed E-state index contributed by atoms with van der Waals surface area (Å²) in [6, 6.07) is 0.0426. The van der Waals surface area contributed by atoms with E-state index in [0.717, 1.165) is 0 Å². The third kappa shape index (κ3) is 2.87. The van der Waals surface area contributed by atoms with E-state index in [9.17, 15) is 4.79 Å². The fourth-order valence-corrected chi connectivity index (χ4v) is 0.954. The first-order valence-electron chi connectivity index (χ1n) is 4.15. The van der Waals surface area contributed by atoms with E-state index < -0.39 is 0 Å². The molecule has 1 atom stereocenters.